The number of hydrogen-bond donors (Lipinski definition) is 1. The van der Waals surface area contributed by atoms with Gasteiger partial charge in [0.05, 0.1) is 11.1 Å². The Balaban J connectivity index is 1.51. The van der Waals surface area contributed by atoms with Crippen LogP contribution in [0.15, 0.2) is 72.8 Å². The number of alkyl halides is 3. The molecule has 6 rings (SSSR count). The van der Waals surface area contributed by atoms with Crippen molar-refractivity contribution in [1.82, 2.24) is 5.32 Å². The fourth-order valence-electron chi connectivity index (χ4n) is 6.82. The summed E-state index contributed by atoms with van der Waals surface area (Å²) in [5.74, 6) is 0.423. The van der Waals surface area contributed by atoms with E-state index in [2.05, 4.69) is 67.7 Å². The summed E-state index contributed by atoms with van der Waals surface area (Å²) in [7, 11) is 0. The van der Waals surface area contributed by atoms with Gasteiger partial charge in [-0.15, -0.1) is 0 Å². The number of rotatable bonds is 2. The molecule has 1 N–H and O–H groups in total. The molecule has 0 amide bonds. The van der Waals surface area contributed by atoms with Gasteiger partial charge >= 0.3 is 6.18 Å². The lowest BCUT2D eigenvalue weighted by atomic mass is 9.75. The maximum Gasteiger partial charge on any atom is 0.416 e. The molecule has 3 aromatic carbocycles. The molecule has 0 saturated heterocycles. The van der Waals surface area contributed by atoms with Gasteiger partial charge in [-0.05, 0) is 72.9 Å². The van der Waals surface area contributed by atoms with Gasteiger partial charge in [0, 0.05) is 11.0 Å². The third kappa shape index (κ3) is 2.68. The van der Waals surface area contributed by atoms with Gasteiger partial charge in [-0.2, -0.15) is 13.2 Å². The van der Waals surface area contributed by atoms with E-state index in [0.717, 1.165) is 18.4 Å². The fraction of sp³-hybridized carbons (Fsp3) is 0.357. The largest absolute Gasteiger partial charge is 0.416 e. The minimum Gasteiger partial charge on any atom is -0.294 e. The molecular weight excluding hydrogens is 407 g/mol. The average Bonchev–Trinajstić information content (AvgIpc) is 3.37. The molecule has 2 aliphatic heterocycles. The molecule has 2 heterocycles. The number of benzene rings is 3. The maximum atomic E-state index is 13.4. The first-order valence-corrected chi connectivity index (χ1v) is 11.3. The van der Waals surface area contributed by atoms with Crippen LogP contribution in [0.5, 0.6) is 0 Å². The molecule has 1 saturated carbocycles. The Labute approximate surface area is 186 Å². The Kier molecular flexibility index (Phi) is 3.92. The minimum absolute atomic E-state index is 0.118. The molecule has 164 valence electrons. The predicted octanol–water partition coefficient (Wildman–Crippen LogP) is 6.69. The van der Waals surface area contributed by atoms with Crippen LogP contribution in [0.1, 0.15) is 60.1 Å². The lowest BCUT2D eigenvalue weighted by Gasteiger charge is -2.39. The van der Waals surface area contributed by atoms with Crippen molar-refractivity contribution in [3.63, 3.8) is 0 Å². The van der Waals surface area contributed by atoms with Gasteiger partial charge in [-0.1, -0.05) is 66.7 Å². The summed E-state index contributed by atoms with van der Waals surface area (Å²) in [4.78, 5) is 0. The Morgan fingerprint density at radius 1 is 0.812 bits per heavy atom. The molecular formula is C28H26F3N. The van der Waals surface area contributed by atoms with Crippen LogP contribution in [-0.4, -0.2) is 0 Å². The first kappa shape index (κ1) is 20.0. The maximum absolute atomic E-state index is 13.4. The van der Waals surface area contributed by atoms with Crippen LogP contribution in [0, 0.1) is 5.92 Å². The van der Waals surface area contributed by atoms with Gasteiger partial charge in [0.2, 0.25) is 0 Å². The average molecular weight is 434 g/mol. The van der Waals surface area contributed by atoms with Gasteiger partial charge in [0.1, 0.15) is 0 Å². The Bertz CT molecular complexity index is 1230. The SMILES string of the molecule is CC12CC3CC3(Cc3cccc(C(F)(F)F)c3)c3ccccc3C(C)(N1)c1ccccc12. The third-order valence-electron chi connectivity index (χ3n) is 8.25. The van der Waals surface area contributed by atoms with Gasteiger partial charge in [0.25, 0.3) is 0 Å². The van der Waals surface area contributed by atoms with Crippen molar-refractivity contribution in [2.24, 2.45) is 5.92 Å². The van der Waals surface area contributed by atoms with Crippen LogP contribution in [-0.2, 0) is 29.1 Å². The summed E-state index contributed by atoms with van der Waals surface area (Å²) in [5, 5.41) is 3.99. The van der Waals surface area contributed by atoms with Crippen LogP contribution in [0.4, 0.5) is 13.2 Å². The lowest BCUT2D eigenvalue weighted by molar-refractivity contribution is -0.137. The van der Waals surface area contributed by atoms with Crippen LogP contribution in [0.25, 0.3) is 0 Å². The molecule has 4 heteroatoms. The Morgan fingerprint density at radius 3 is 2.12 bits per heavy atom. The van der Waals surface area contributed by atoms with Gasteiger partial charge < -0.3 is 0 Å². The van der Waals surface area contributed by atoms with Crippen molar-refractivity contribution in [3.05, 3.63) is 106 Å². The summed E-state index contributed by atoms with van der Waals surface area (Å²) >= 11 is 0. The molecule has 32 heavy (non-hydrogen) atoms. The van der Waals surface area contributed by atoms with Crippen molar-refractivity contribution in [1.29, 1.82) is 0 Å². The molecule has 1 fully saturated rings. The van der Waals surface area contributed by atoms with Crippen molar-refractivity contribution < 1.29 is 13.2 Å². The molecule has 3 aliphatic rings. The van der Waals surface area contributed by atoms with Gasteiger partial charge in [-0.25, -0.2) is 0 Å². The van der Waals surface area contributed by atoms with Crippen LogP contribution in [0.2, 0.25) is 0 Å². The number of nitrogens with one attached hydrogen (secondary N) is 1. The summed E-state index contributed by atoms with van der Waals surface area (Å²) in [5.41, 5.74) is 4.82. The summed E-state index contributed by atoms with van der Waals surface area (Å²) in [6.45, 7) is 4.55. The first-order valence-electron chi connectivity index (χ1n) is 11.3. The number of fused-ring (bicyclic) bond motifs is 9. The molecule has 0 spiro atoms. The topological polar surface area (TPSA) is 12.0 Å². The fourth-order valence-corrected chi connectivity index (χ4v) is 6.82. The standard InChI is InChI=1S/C28H26F3N/c1-25-16-20-17-27(20,15-18-8-7-9-19(14-18)28(29,30)31)24-13-6-5-12-23(24)26(2,32-25)22-11-4-3-10-21(22)25/h3-14,20,32H,15-17H2,1-2H3. The van der Waals surface area contributed by atoms with Crippen molar-refractivity contribution >= 4 is 0 Å². The van der Waals surface area contributed by atoms with E-state index >= 15 is 0 Å². The second-order valence-corrected chi connectivity index (χ2v) is 10.3. The van der Waals surface area contributed by atoms with Crippen LogP contribution in [0.3, 0.4) is 0 Å². The van der Waals surface area contributed by atoms with E-state index in [1.807, 2.05) is 6.07 Å². The van der Waals surface area contributed by atoms with Crippen molar-refractivity contribution in [3.8, 4) is 0 Å². The molecule has 0 aromatic heterocycles. The highest BCUT2D eigenvalue weighted by Crippen LogP contribution is 2.65. The molecule has 2 bridgehead atoms. The smallest absolute Gasteiger partial charge is 0.294 e. The molecule has 4 atom stereocenters. The van der Waals surface area contributed by atoms with E-state index in [1.54, 1.807) is 6.07 Å². The van der Waals surface area contributed by atoms with Crippen molar-refractivity contribution in [2.45, 2.75) is 55.8 Å². The number of halogens is 3. The Morgan fingerprint density at radius 2 is 1.44 bits per heavy atom. The quantitative estimate of drug-likeness (QED) is 0.475. The van der Waals surface area contributed by atoms with E-state index < -0.39 is 11.7 Å². The highest BCUT2D eigenvalue weighted by atomic mass is 19.4. The summed E-state index contributed by atoms with van der Waals surface area (Å²) in [6.07, 6.45) is -1.69. The normalized spacial score (nSPS) is 32.3. The zero-order chi connectivity index (χ0) is 22.4. The van der Waals surface area contributed by atoms with E-state index in [-0.39, 0.29) is 16.5 Å². The molecule has 4 unspecified atom stereocenters. The van der Waals surface area contributed by atoms with Crippen molar-refractivity contribution in [2.75, 3.05) is 0 Å². The summed E-state index contributed by atoms with van der Waals surface area (Å²) in [6, 6.07) is 23.2. The monoisotopic (exact) mass is 433 g/mol. The zero-order valence-electron chi connectivity index (χ0n) is 18.3. The first-order chi connectivity index (χ1) is 15.2. The second kappa shape index (κ2) is 6.26. The third-order valence-corrected chi connectivity index (χ3v) is 8.25. The molecule has 0 radical (unpaired) electrons. The predicted molar refractivity (Wildman–Crippen MR) is 119 cm³/mol. The van der Waals surface area contributed by atoms with Crippen LogP contribution >= 0.6 is 0 Å². The van der Waals surface area contributed by atoms with Gasteiger partial charge in [0.15, 0.2) is 0 Å². The van der Waals surface area contributed by atoms with Gasteiger partial charge in [-0.3, -0.25) is 5.32 Å². The lowest BCUT2D eigenvalue weighted by Crippen LogP contribution is -2.47. The van der Waals surface area contributed by atoms with Crippen LogP contribution < -0.4 is 5.32 Å². The molecule has 3 aromatic rings. The highest BCUT2D eigenvalue weighted by Gasteiger charge is 2.62. The zero-order valence-corrected chi connectivity index (χ0v) is 18.3. The summed E-state index contributed by atoms with van der Waals surface area (Å²) < 4.78 is 40.1. The Hall–Kier alpha value is -2.59. The second-order valence-electron chi connectivity index (χ2n) is 10.3. The highest BCUT2D eigenvalue weighted by molar-refractivity contribution is 5.57. The number of hydrogen-bond acceptors (Lipinski definition) is 1. The van der Waals surface area contributed by atoms with E-state index in [0.29, 0.717) is 12.3 Å². The van der Waals surface area contributed by atoms with E-state index in [1.165, 1.54) is 34.4 Å². The van der Waals surface area contributed by atoms with E-state index in [9.17, 15) is 13.2 Å². The minimum atomic E-state index is -4.32. The van der Waals surface area contributed by atoms with E-state index in [4.69, 9.17) is 0 Å². The molecule has 1 aliphatic carbocycles. The molecule has 1 nitrogen and oxygen atoms in total.